The van der Waals surface area contributed by atoms with Crippen LogP contribution < -0.4 is 20.1 Å². The highest BCUT2D eigenvalue weighted by Crippen LogP contribution is 2.28. The van der Waals surface area contributed by atoms with Gasteiger partial charge in [0, 0.05) is 41.8 Å². The van der Waals surface area contributed by atoms with Gasteiger partial charge in [-0.15, -0.1) is 0 Å². The third-order valence-electron chi connectivity index (χ3n) is 4.90. The molecular formula is C24H27N3O4. The van der Waals surface area contributed by atoms with Crippen LogP contribution >= 0.6 is 0 Å². The third-order valence-corrected chi connectivity index (χ3v) is 4.90. The Morgan fingerprint density at radius 3 is 2.52 bits per heavy atom. The zero-order valence-corrected chi connectivity index (χ0v) is 18.2. The summed E-state index contributed by atoms with van der Waals surface area (Å²) >= 11 is 0. The van der Waals surface area contributed by atoms with Gasteiger partial charge in [-0.25, -0.2) is 0 Å². The molecule has 0 unspecified atom stereocenters. The lowest BCUT2D eigenvalue weighted by atomic mass is 10.1. The van der Waals surface area contributed by atoms with E-state index in [0.717, 1.165) is 22.9 Å². The van der Waals surface area contributed by atoms with Gasteiger partial charge in [0.15, 0.2) is 11.5 Å². The number of amides is 2. The van der Waals surface area contributed by atoms with Crippen molar-refractivity contribution < 1.29 is 19.1 Å². The molecule has 0 saturated heterocycles. The molecule has 0 aliphatic carbocycles. The number of para-hydroxylation sites is 1. The fourth-order valence-corrected chi connectivity index (χ4v) is 3.31. The predicted octanol–water partition coefficient (Wildman–Crippen LogP) is 3.49. The molecule has 0 aliphatic rings. The largest absolute Gasteiger partial charge is 0.493 e. The number of hydrogen-bond donors (Lipinski definition) is 2. The lowest BCUT2D eigenvalue weighted by molar-refractivity contribution is -0.117. The highest BCUT2D eigenvalue weighted by atomic mass is 16.5. The van der Waals surface area contributed by atoms with Crippen LogP contribution in [-0.2, 0) is 11.8 Å². The van der Waals surface area contributed by atoms with Crippen molar-refractivity contribution in [3.05, 3.63) is 65.5 Å². The number of benzene rings is 2. The smallest absolute Gasteiger partial charge is 0.267 e. The molecular weight excluding hydrogens is 394 g/mol. The number of aryl methyl sites for hydroxylation is 1. The second-order valence-corrected chi connectivity index (χ2v) is 7.05. The maximum atomic E-state index is 12.9. The molecule has 1 aromatic heterocycles. The molecule has 0 radical (unpaired) electrons. The average molecular weight is 421 g/mol. The van der Waals surface area contributed by atoms with Crippen LogP contribution in [0.5, 0.6) is 11.5 Å². The van der Waals surface area contributed by atoms with E-state index in [2.05, 4.69) is 10.6 Å². The zero-order valence-electron chi connectivity index (χ0n) is 18.2. The van der Waals surface area contributed by atoms with Gasteiger partial charge in [-0.2, -0.15) is 0 Å². The molecule has 0 spiro atoms. The molecule has 3 aromatic rings. The van der Waals surface area contributed by atoms with Crippen LogP contribution in [0.3, 0.4) is 0 Å². The Morgan fingerprint density at radius 2 is 1.81 bits per heavy atom. The van der Waals surface area contributed by atoms with Gasteiger partial charge in [0.25, 0.3) is 11.8 Å². The number of fused-ring (bicyclic) bond motifs is 1. The van der Waals surface area contributed by atoms with Gasteiger partial charge in [0.2, 0.25) is 0 Å². The topological polar surface area (TPSA) is 81.6 Å². The Morgan fingerprint density at radius 1 is 1.06 bits per heavy atom. The summed E-state index contributed by atoms with van der Waals surface area (Å²) in [6.45, 7) is 2.48. The summed E-state index contributed by atoms with van der Waals surface area (Å²) in [5, 5.41) is 6.58. The average Bonchev–Trinajstić information content (AvgIpc) is 3.11. The molecule has 1 heterocycles. The summed E-state index contributed by atoms with van der Waals surface area (Å²) in [5.41, 5.74) is 2.40. The van der Waals surface area contributed by atoms with Gasteiger partial charge in [-0.05, 0) is 36.8 Å². The first-order valence-electron chi connectivity index (χ1n) is 10.1. The van der Waals surface area contributed by atoms with E-state index < -0.39 is 5.91 Å². The fraction of sp³-hybridized carbons (Fsp3) is 0.250. The number of nitrogens with zero attached hydrogens (tertiary/aromatic N) is 1. The molecule has 162 valence electrons. The SMILES string of the molecule is CCCNC(=O)/C(=C\c1cn(C)c2ccccc12)NC(=O)c1ccc(OC)c(OC)c1. The standard InChI is InChI=1S/C24H27N3O4/c1-5-12-25-24(29)19(13-17-15-27(2)20-9-7-6-8-18(17)20)26-23(28)16-10-11-21(30-3)22(14-16)31-4/h6-11,13-15H,5,12H2,1-4H3,(H,25,29)(H,26,28)/b19-13+. The van der Waals surface area contributed by atoms with Crippen LogP contribution in [0.4, 0.5) is 0 Å². The van der Waals surface area contributed by atoms with Crippen molar-refractivity contribution in [2.45, 2.75) is 13.3 Å². The molecule has 7 heteroatoms. The molecule has 0 bridgehead atoms. The summed E-state index contributed by atoms with van der Waals surface area (Å²) in [7, 11) is 4.98. The molecule has 0 fully saturated rings. The number of rotatable bonds is 8. The van der Waals surface area contributed by atoms with Gasteiger partial charge in [-0.3, -0.25) is 9.59 Å². The molecule has 2 amide bonds. The molecule has 3 rings (SSSR count). The van der Waals surface area contributed by atoms with Crippen LogP contribution in [0.25, 0.3) is 17.0 Å². The van der Waals surface area contributed by atoms with Crippen molar-refractivity contribution in [3.63, 3.8) is 0 Å². The van der Waals surface area contributed by atoms with E-state index in [9.17, 15) is 9.59 Å². The van der Waals surface area contributed by atoms with E-state index in [1.165, 1.54) is 14.2 Å². The minimum Gasteiger partial charge on any atom is -0.493 e. The minimum atomic E-state index is -0.418. The normalized spacial score (nSPS) is 11.3. The van der Waals surface area contributed by atoms with E-state index in [4.69, 9.17) is 9.47 Å². The predicted molar refractivity (Wildman–Crippen MR) is 121 cm³/mol. The van der Waals surface area contributed by atoms with E-state index in [1.54, 1.807) is 24.3 Å². The van der Waals surface area contributed by atoms with Crippen LogP contribution in [0.1, 0.15) is 29.3 Å². The number of carbonyl (C=O) groups is 2. The fourth-order valence-electron chi connectivity index (χ4n) is 3.31. The van der Waals surface area contributed by atoms with E-state index >= 15 is 0 Å². The van der Waals surface area contributed by atoms with Crippen molar-refractivity contribution in [2.24, 2.45) is 7.05 Å². The number of carbonyl (C=O) groups excluding carboxylic acids is 2. The summed E-state index contributed by atoms with van der Waals surface area (Å²) in [4.78, 5) is 25.7. The maximum absolute atomic E-state index is 12.9. The summed E-state index contributed by atoms with van der Waals surface area (Å²) < 4.78 is 12.5. The van der Waals surface area contributed by atoms with E-state index in [0.29, 0.717) is 23.6 Å². The minimum absolute atomic E-state index is 0.171. The molecule has 2 aromatic carbocycles. The zero-order chi connectivity index (χ0) is 22.4. The van der Waals surface area contributed by atoms with Crippen LogP contribution in [0.15, 0.2) is 54.4 Å². The van der Waals surface area contributed by atoms with Crippen LogP contribution in [-0.4, -0.2) is 37.1 Å². The molecule has 0 atom stereocenters. The van der Waals surface area contributed by atoms with Crippen molar-refractivity contribution in [3.8, 4) is 11.5 Å². The molecule has 2 N–H and O–H groups in total. The highest BCUT2D eigenvalue weighted by molar-refractivity contribution is 6.06. The Labute approximate surface area is 181 Å². The summed E-state index contributed by atoms with van der Waals surface area (Å²) in [6, 6.07) is 12.7. The van der Waals surface area contributed by atoms with Gasteiger partial charge in [-0.1, -0.05) is 25.1 Å². The van der Waals surface area contributed by atoms with E-state index in [-0.39, 0.29) is 11.6 Å². The second-order valence-electron chi connectivity index (χ2n) is 7.05. The first kappa shape index (κ1) is 22.0. The van der Waals surface area contributed by atoms with Crippen molar-refractivity contribution in [2.75, 3.05) is 20.8 Å². The quantitative estimate of drug-likeness (QED) is 0.546. The third kappa shape index (κ3) is 4.88. The van der Waals surface area contributed by atoms with Crippen molar-refractivity contribution >= 4 is 28.8 Å². The van der Waals surface area contributed by atoms with Gasteiger partial charge < -0.3 is 24.7 Å². The van der Waals surface area contributed by atoms with Crippen LogP contribution in [0.2, 0.25) is 0 Å². The Balaban J connectivity index is 1.97. The number of ether oxygens (including phenoxy) is 2. The molecule has 0 saturated carbocycles. The second kappa shape index (κ2) is 9.84. The van der Waals surface area contributed by atoms with Gasteiger partial charge in [0.05, 0.1) is 14.2 Å². The monoisotopic (exact) mass is 421 g/mol. The van der Waals surface area contributed by atoms with Gasteiger partial charge in [0.1, 0.15) is 5.70 Å². The lowest BCUT2D eigenvalue weighted by Gasteiger charge is -2.12. The maximum Gasteiger partial charge on any atom is 0.267 e. The number of nitrogens with one attached hydrogen (secondary N) is 2. The highest BCUT2D eigenvalue weighted by Gasteiger charge is 2.17. The number of methoxy groups -OCH3 is 2. The molecule has 0 aliphatic heterocycles. The van der Waals surface area contributed by atoms with Crippen molar-refractivity contribution in [1.29, 1.82) is 0 Å². The molecule has 31 heavy (non-hydrogen) atoms. The molecule has 7 nitrogen and oxygen atoms in total. The summed E-state index contributed by atoms with van der Waals surface area (Å²) in [6.07, 6.45) is 4.42. The number of hydrogen-bond acceptors (Lipinski definition) is 4. The Bertz CT molecular complexity index is 1130. The number of aromatic nitrogens is 1. The summed E-state index contributed by atoms with van der Waals surface area (Å²) in [5.74, 6) is 0.194. The van der Waals surface area contributed by atoms with Crippen LogP contribution in [0, 0.1) is 0 Å². The van der Waals surface area contributed by atoms with E-state index in [1.807, 2.05) is 49.0 Å². The van der Waals surface area contributed by atoms with Gasteiger partial charge >= 0.3 is 0 Å². The Kier molecular flexibility index (Phi) is 6.97. The Hall–Kier alpha value is -3.74. The van der Waals surface area contributed by atoms with Crippen molar-refractivity contribution in [1.82, 2.24) is 15.2 Å². The first-order chi connectivity index (χ1) is 15.0. The lowest BCUT2D eigenvalue weighted by Crippen LogP contribution is -2.35. The first-order valence-corrected chi connectivity index (χ1v) is 10.1.